The number of aromatic nitrogens is 1. The first-order chi connectivity index (χ1) is 10.2. The third-order valence-corrected chi connectivity index (χ3v) is 2.97. The van der Waals surface area contributed by atoms with E-state index in [0.717, 1.165) is 5.56 Å². The van der Waals surface area contributed by atoms with E-state index in [0.29, 0.717) is 22.5 Å². The van der Waals surface area contributed by atoms with Gasteiger partial charge in [-0.1, -0.05) is 12.1 Å². The number of nitrogens with zero attached hydrogens (tertiary/aromatic N) is 1. The standard InChI is InChI=1S/C16H14N2O3/c1-11-3-2-4-13(7-11)20-9-16(19)18-12-5-6-15-14(8-12)17-10-21-15/h2-8,10H,9H2,1H3,(H,18,19). The van der Waals surface area contributed by atoms with E-state index in [4.69, 9.17) is 9.15 Å². The highest BCUT2D eigenvalue weighted by Crippen LogP contribution is 2.17. The van der Waals surface area contributed by atoms with E-state index >= 15 is 0 Å². The molecule has 0 spiro atoms. The fourth-order valence-corrected chi connectivity index (χ4v) is 1.99. The summed E-state index contributed by atoms with van der Waals surface area (Å²) in [6.07, 6.45) is 1.37. The summed E-state index contributed by atoms with van der Waals surface area (Å²) in [5.74, 6) is 0.455. The van der Waals surface area contributed by atoms with Gasteiger partial charge in [0.05, 0.1) is 0 Å². The third kappa shape index (κ3) is 3.20. The molecule has 3 rings (SSSR count). The average molecular weight is 282 g/mol. The molecule has 0 saturated carbocycles. The topological polar surface area (TPSA) is 64.4 Å². The number of nitrogens with one attached hydrogen (secondary N) is 1. The van der Waals surface area contributed by atoms with E-state index in [-0.39, 0.29) is 12.5 Å². The maximum atomic E-state index is 11.9. The Balaban J connectivity index is 1.60. The molecule has 0 saturated heterocycles. The highest BCUT2D eigenvalue weighted by molar-refractivity contribution is 5.93. The average Bonchev–Trinajstić information content (AvgIpc) is 2.93. The number of amides is 1. The van der Waals surface area contributed by atoms with Gasteiger partial charge in [-0.15, -0.1) is 0 Å². The molecule has 0 aliphatic rings. The number of aryl methyl sites for hydroxylation is 1. The first-order valence-electron chi connectivity index (χ1n) is 6.53. The van der Waals surface area contributed by atoms with Crippen LogP contribution in [0.4, 0.5) is 5.69 Å². The van der Waals surface area contributed by atoms with Crippen LogP contribution in [0.3, 0.4) is 0 Å². The van der Waals surface area contributed by atoms with E-state index in [1.54, 1.807) is 18.2 Å². The summed E-state index contributed by atoms with van der Waals surface area (Å²) in [5, 5.41) is 2.76. The highest BCUT2D eigenvalue weighted by Gasteiger charge is 2.06. The number of hydrogen-bond acceptors (Lipinski definition) is 4. The van der Waals surface area contributed by atoms with Crippen LogP contribution in [0.5, 0.6) is 5.75 Å². The molecule has 0 aliphatic carbocycles. The summed E-state index contributed by atoms with van der Waals surface area (Å²) >= 11 is 0. The van der Waals surface area contributed by atoms with Crippen molar-refractivity contribution in [3.05, 3.63) is 54.4 Å². The number of carbonyl (C=O) groups is 1. The number of anilines is 1. The van der Waals surface area contributed by atoms with Gasteiger partial charge in [0.25, 0.3) is 5.91 Å². The number of carbonyl (C=O) groups excluding carboxylic acids is 1. The zero-order valence-corrected chi connectivity index (χ0v) is 11.5. The lowest BCUT2D eigenvalue weighted by molar-refractivity contribution is -0.118. The lowest BCUT2D eigenvalue weighted by Crippen LogP contribution is -2.20. The van der Waals surface area contributed by atoms with Crippen LogP contribution in [-0.4, -0.2) is 17.5 Å². The van der Waals surface area contributed by atoms with Gasteiger partial charge in [0.1, 0.15) is 11.3 Å². The second kappa shape index (κ2) is 5.66. The van der Waals surface area contributed by atoms with Gasteiger partial charge in [-0.25, -0.2) is 4.98 Å². The minimum absolute atomic E-state index is 0.0414. The molecular weight excluding hydrogens is 268 g/mol. The monoisotopic (exact) mass is 282 g/mol. The fraction of sp³-hybridized carbons (Fsp3) is 0.125. The van der Waals surface area contributed by atoms with Crippen molar-refractivity contribution in [3.8, 4) is 5.75 Å². The first kappa shape index (κ1) is 13.2. The number of fused-ring (bicyclic) bond motifs is 1. The van der Waals surface area contributed by atoms with Gasteiger partial charge in [-0.05, 0) is 42.8 Å². The van der Waals surface area contributed by atoms with Crippen molar-refractivity contribution >= 4 is 22.7 Å². The zero-order chi connectivity index (χ0) is 14.7. The molecule has 0 atom stereocenters. The molecule has 3 aromatic rings. The van der Waals surface area contributed by atoms with E-state index in [1.807, 2.05) is 31.2 Å². The second-order valence-corrected chi connectivity index (χ2v) is 4.69. The first-order valence-corrected chi connectivity index (χ1v) is 6.53. The summed E-state index contributed by atoms with van der Waals surface area (Å²) < 4.78 is 10.6. The van der Waals surface area contributed by atoms with Crippen molar-refractivity contribution < 1.29 is 13.9 Å². The van der Waals surface area contributed by atoms with Crippen LogP contribution < -0.4 is 10.1 Å². The van der Waals surface area contributed by atoms with E-state index in [9.17, 15) is 4.79 Å². The van der Waals surface area contributed by atoms with Crippen LogP contribution in [0.2, 0.25) is 0 Å². The molecule has 1 heterocycles. The number of oxazole rings is 1. The Morgan fingerprint density at radius 2 is 2.19 bits per heavy atom. The maximum Gasteiger partial charge on any atom is 0.262 e. The minimum Gasteiger partial charge on any atom is -0.484 e. The highest BCUT2D eigenvalue weighted by atomic mass is 16.5. The molecule has 0 unspecified atom stereocenters. The van der Waals surface area contributed by atoms with Crippen LogP contribution in [0, 0.1) is 6.92 Å². The summed E-state index contributed by atoms with van der Waals surface area (Å²) in [4.78, 5) is 15.9. The van der Waals surface area contributed by atoms with Crippen molar-refractivity contribution in [2.45, 2.75) is 6.92 Å². The number of ether oxygens (including phenoxy) is 1. The van der Waals surface area contributed by atoms with Crippen molar-refractivity contribution in [3.63, 3.8) is 0 Å². The Morgan fingerprint density at radius 1 is 1.29 bits per heavy atom. The Hall–Kier alpha value is -2.82. The molecule has 5 heteroatoms. The zero-order valence-electron chi connectivity index (χ0n) is 11.5. The van der Waals surface area contributed by atoms with Gasteiger partial charge >= 0.3 is 0 Å². The molecule has 106 valence electrons. The third-order valence-electron chi connectivity index (χ3n) is 2.97. The molecule has 5 nitrogen and oxygen atoms in total. The summed E-state index contributed by atoms with van der Waals surface area (Å²) in [7, 11) is 0. The van der Waals surface area contributed by atoms with Gasteiger partial charge in [0, 0.05) is 5.69 Å². The van der Waals surface area contributed by atoms with Crippen molar-refractivity contribution in [2.24, 2.45) is 0 Å². The minimum atomic E-state index is -0.223. The normalized spacial score (nSPS) is 10.5. The Morgan fingerprint density at radius 3 is 3.05 bits per heavy atom. The number of hydrogen-bond donors (Lipinski definition) is 1. The maximum absolute atomic E-state index is 11.9. The molecular formula is C16H14N2O3. The molecule has 1 amide bonds. The molecule has 1 N–H and O–H groups in total. The van der Waals surface area contributed by atoms with Crippen molar-refractivity contribution in [1.82, 2.24) is 4.98 Å². The second-order valence-electron chi connectivity index (χ2n) is 4.69. The molecule has 0 bridgehead atoms. The van der Waals surface area contributed by atoms with Crippen molar-refractivity contribution in [1.29, 1.82) is 0 Å². The van der Waals surface area contributed by atoms with E-state index in [2.05, 4.69) is 10.3 Å². The van der Waals surface area contributed by atoms with Crippen LogP contribution >= 0.6 is 0 Å². The van der Waals surface area contributed by atoms with Crippen LogP contribution in [0.1, 0.15) is 5.56 Å². The molecule has 21 heavy (non-hydrogen) atoms. The van der Waals surface area contributed by atoms with Crippen LogP contribution in [0.15, 0.2) is 53.3 Å². The lowest BCUT2D eigenvalue weighted by atomic mass is 10.2. The largest absolute Gasteiger partial charge is 0.484 e. The van der Waals surface area contributed by atoms with Crippen LogP contribution in [-0.2, 0) is 4.79 Å². The molecule has 0 aliphatic heterocycles. The van der Waals surface area contributed by atoms with E-state index in [1.165, 1.54) is 6.39 Å². The van der Waals surface area contributed by atoms with Gasteiger partial charge in [-0.3, -0.25) is 4.79 Å². The lowest BCUT2D eigenvalue weighted by Gasteiger charge is -2.08. The van der Waals surface area contributed by atoms with Crippen molar-refractivity contribution in [2.75, 3.05) is 11.9 Å². The SMILES string of the molecule is Cc1cccc(OCC(=O)Nc2ccc3ocnc3c2)c1. The predicted molar refractivity (Wildman–Crippen MR) is 79.3 cm³/mol. The van der Waals surface area contributed by atoms with Gasteiger partial charge in [-0.2, -0.15) is 0 Å². The van der Waals surface area contributed by atoms with E-state index < -0.39 is 0 Å². The molecule has 1 aromatic heterocycles. The summed E-state index contributed by atoms with van der Waals surface area (Å²) in [6, 6.07) is 12.8. The molecule has 0 radical (unpaired) electrons. The number of benzene rings is 2. The molecule has 0 fully saturated rings. The Kier molecular flexibility index (Phi) is 3.55. The van der Waals surface area contributed by atoms with Gasteiger partial charge < -0.3 is 14.5 Å². The van der Waals surface area contributed by atoms with Gasteiger partial charge in [0.2, 0.25) is 0 Å². The quantitative estimate of drug-likeness (QED) is 0.798. The summed E-state index contributed by atoms with van der Waals surface area (Å²) in [6.45, 7) is 1.93. The fourth-order valence-electron chi connectivity index (χ4n) is 1.99. The summed E-state index contributed by atoms with van der Waals surface area (Å²) in [5.41, 5.74) is 3.13. The molecule has 2 aromatic carbocycles. The smallest absolute Gasteiger partial charge is 0.262 e. The predicted octanol–water partition coefficient (Wildman–Crippen LogP) is 3.15. The van der Waals surface area contributed by atoms with Gasteiger partial charge in [0.15, 0.2) is 18.6 Å². The Bertz CT molecular complexity index is 780. The number of rotatable bonds is 4. The Labute approximate surface area is 121 Å². The van der Waals surface area contributed by atoms with Crippen LogP contribution in [0.25, 0.3) is 11.1 Å².